The van der Waals surface area contributed by atoms with E-state index in [0.29, 0.717) is 12.5 Å². The van der Waals surface area contributed by atoms with Crippen molar-refractivity contribution in [3.05, 3.63) is 6.10 Å². The first-order chi connectivity index (χ1) is 14.1. The summed E-state index contributed by atoms with van der Waals surface area (Å²) in [5.74, 6) is 0. The van der Waals surface area contributed by atoms with Crippen LogP contribution in [0.1, 0.15) is 116 Å². The van der Waals surface area contributed by atoms with Gasteiger partial charge in [-0.2, -0.15) is 0 Å². The van der Waals surface area contributed by atoms with Crippen LogP contribution in [-0.2, 0) is 4.74 Å². The van der Waals surface area contributed by atoms with E-state index >= 15 is 0 Å². The number of unbranched alkanes of at least 4 members (excludes halogenated alkanes) is 15. The molecule has 1 rings (SSSR count). The van der Waals surface area contributed by atoms with Gasteiger partial charge in [-0.05, 0) is 6.42 Å². The van der Waals surface area contributed by atoms with E-state index in [0.717, 1.165) is 12.8 Å². The van der Waals surface area contributed by atoms with Gasteiger partial charge in [-0.1, -0.05) is 110 Å². The smallest absolute Gasteiger partial charge is 0.129 e. The molecule has 0 aromatic heterocycles. The van der Waals surface area contributed by atoms with Crippen LogP contribution in [0, 0.1) is 6.10 Å². The van der Waals surface area contributed by atoms with E-state index in [9.17, 15) is 20.4 Å². The maximum Gasteiger partial charge on any atom is 0.129 e. The van der Waals surface area contributed by atoms with Crippen LogP contribution in [0.4, 0.5) is 0 Å². The molecule has 0 amide bonds. The molecule has 29 heavy (non-hydrogen) atoms. The molecule has 1 radical (unpaired) electrons. The Morgan fingerprint density at radius 1 is 0.621 bits per heavy atom. The van der Waals surface area contributed by atoms with Crippen LogP contribution < -0.4 is 0 Å². The third-order valence-electron chi connectivity index (χ3n) is 6.14. The van der Waals surface area contributed by atoms with Gasteiger partial charge in [-0.15, -0.1) is 0 Å². The van der Waals surface area contributed by atoms with Crippen LogP contribution in [-0.4, -0.2) is 51.4 Å². The van der Waals surface area contributed by atoms with Crippen molar-refractivity contribution in [1.29, 1.82) is 0 Å². The summed E-state index contributed by atoms with van der Waals surface area (Å²) < 4.78 is 5.46. The molecule has 0 aliphatic carbocycles. The molecule has 1 heterocycles. The standard InChI is InChI=1S/C24H47O5/c1-2-3-4-5-6-7-8-9-10-11-12-13-14-15-16-17-18-20-22(26)24(28)23(27)21(19-25)29-20/h21-28H,2-19H2,1H3/t21-,22+,23-,24-/m1/s1. The van der Waals surface area contributed by atoms with Crippen molar-refractivity contribution >= 4 is 0 Å². The number of hydrogen-bond acceptors (Lipinski definition) is 5. The highest BCUT2D eigenvalue weighted by atomic mass is 16.5. The van der Waals surface area contributed by atoms with Crippen LogP contribution >= 0.6 is 0 Å². The molecule has 1 aliphatic heterocycles. The Morgan fingerprint density at radius 2 is 1.03 bits per heavy atom. The monoisotopic (exact) mass is 415 g/mol. The largest absolute Gasteiger partial charge is 0.394 e. The fourth-order valence-electron chi connectivity index (χ4n) is 4.13. The lowest BCUT2D eigenvalue weighted by Gasteiger charge is -2.39. The summed E-state index contributed by atoms with van der Waals surface area (Å²) in [6.07, 6.45) is 17.4. The molecule has 1 saturated heterocycles. The number of aliphatic hydroxyl groups is 4. The Kier molecular flexibility index (Phi) is 16.2. The second kappa shape index (κ2) is 17.5. The summed E-state index contributed by atoms with van der Waals surface area (Å²) in [4.78, 5) is 0. The topological polar surface area (TPSA) is 90.2 Å². The van der Waals surface area contributed by atoms with Gasteiger partial charge in [0.1, 0.15) is 30.5 Å². The van der Waals surface area contributed by atoms with Crippen molar-refractivity contribution in [2.24, 2.45) is 0 Å². The minimum atomic E-state index is -1.28. The molecule has 1 aliphatic rings. The average molecular weight is 416 g/mol. The Labute approximate surface area is 178 Å². The lowest BCUT2D eigenvalue weighted by atomic mass is 9.92. The highest BCUT2D eigenvalue weighted by Gasteiger charge is 2.43. The molecule has 0 bridgehead atoms. The minimum absolute atomic E-state index is 0.368. The number of aliphatic hydroxyl groups excluding tert-OH is 4. The zero-order valence-electron chi connectivity index (χ0n) is 18.7. The number of rotatable bonds is 18. The van der Waals surface area contributed by atoms with Crippen molar-refractivity contribution in [3.8, 4) is 0 Å². The fraction of sp³-hybridized carbons (Fsp3) is 0.958. The molecule has 4 atom stereocenters. The van der Waals surface area contributed by atoms with Gasteiger partial charge in [0.2, 0.25) is 0 Å². The van der Waals surface area contributed by atoms with E-state index < -0.39 is 24.4 Å². The Morgan fingerprint density at radius 3 is 1.45 bits per heavy atom. The quantitative estimate of drug-likeness (QED) is 0.245. The van der Waals surface area contributed by atoms with Crippen molar-refractivity contribution in [3.63, 3.8) is 0 Å². The summed E-state index contributed by atoms with van der Waals surface area (Å²) in [5.41, 5.74) is 0. The molecule has 1 fully saturated rings. The first-order valence-corrected chi connectivity index (χ1v) is 12.3. The van der Waals surface area contributed by atoms with Crippen LogP contribution in [0.3, 0.4) is 0 Å². The third kappa shape index (κ3) is 11.7. The van der Waals surface area contributed by atoms with Crippen molar-refractivity contribution < 1.29 is 25.2 Å². The second-order valence-electron chi connectivity index (χ2n) is 8.78. The zero-order valence-corrected chi connectivity index (χ0v) is 18.7. The molecular formula is C24H47O5. The van der Waals surface area contributed by atoms with Gasteiger partial charge in [0, 0.05) is 0 Å². The van der Waals surface area contributed by atoms with E-state index in [1.165, 1.54) is 89.9 Å². The third-order valence-corrected chi connectivity index (χ3v) is 6.14. The van der Waals surface area contributed by atoms with E-state index in [-0.39, 0.29) is 6.61 Å². The van der Waals surface area contributed by atoms with E-state index in [1.807, 2.05) is 0 Å². The van der Waals surface area contributed by atoms with Crippen LogP contribution in [0.2, 0.25) is 0 Å². The Hall–Kier alpha value is -0.200. The maximum atomic E-state index is 9.99. The summed E-state index contributed by atoms with van der Waals surface area (Å²) in [5, 5.41) is 38.8. The lowest BCUT2D eigenvalue weighted by molar-refractivity contribution is -0.192. The number of hydrogen-bond donors (Lipinski definition) is 4. The Balaban J connectivity index is 1.88. The second-order valence-corrected chi connectivity index (χ2v) is 8.78. The predicted octanol–water partition coefficient (Wildman–Crippen LogP) is 4.64. The first kappa shape index (κ1) is 26.8. The first-order valence-electron chi connectivity index (χ1n) is 12.3. The van der Waals surface area contributed by atoms with Gasteiger partial charge in [0.05, 0.1) is 6.61 Å². The van der Waals surface area contributed by atoms with E-state index in [4.69, 9.17) is 4.74 Å². The summed E-state index contributed by atoms with van der Waals surface area (Å²) in [7, 11) is 0. The van der Waals surface area contributed by atoms with Crippen molar-refractivity contribution in [2.45, 2.75) is 140 Å². The lowest BCUT2D eigenvalue weighted by Crippen LogP contribution is -2.55. The summed E-state index contributed by atoms with van der Waals surface area (Å²) in [6.45, 7) is 1.90. The molecule has 5 nitrogen and oxygen atoms in total. The Bertz CT molecular complexity index is 363. The molecule has 0 unspecified atom stereocenters. The molecule has 4 N–H and O–H groups in total. The molecule has 0 aromatic carbocycles. The highest BCUT2D eigenvalue weighted by Crippen LogP contribution is 2.30. The zero-order chi connectivity index (χ0) is 21.3. The van der Waals surface area contributed by atoms with Gasteiger partial charge in [0.25, 0.3) is 0 Å². The van der Waals surface area contributed by atoms with Crippen LogP contribution in [0.5, 0.6) is 0 Å². The molecule has 0 aromatic rings. The minimum Gasteiger partial charge on any atom is -0.394 e. The molecular weight excluding hydrogens is 368 g/mol. The predicted molar refractivity (Wildman–Crippen MR) is 117 cm³/mol. The van der Waals surface area contributed by atoms with Crippen molar-refractivity contribution in [2.75, 3.05) is 6.61 Å². The van der Waals surface area contributed by atoms with E-state index in [2.05, 4.69) is 6.92 Å². The van der Waals surface area contributed by atoms with Crippen LogP contribution in [0.25, 0.3) is 0 Å². The summed E-state index contributed by atoms with van der Waals surface area (Å²) in [6, 6.07) is 0. The average Bonchev–Trinajstić information content (AvgIpc) is 2.73. The maximum absolute atomic E-state index is 9.99. The molecule has 0 saturated carbocycles. The molecule has 5 heteroatoms. The highest BCUT2D eigenvalue weighted by molar-refractivity contribution is 5.01. The van der Waals surface area contributed by atoms with Gasteiger partial charge in [-0.3, -0.25) is 0 Å². The summed E-state index contributed by atoms with van der Waals surface area (Å²) >= 11 is 0. The van der Waals surface area contributed by atoms with Gasteiger partial charge < -0.3 is 25.2 Å². The van der Waals surface area contributed by atoms with Gasteiger partial charge in [0.15, 0.2) is 0 Å². The molecule has 173 valence electrons. The SMILES string of the molecule is CCCCCCCCCCCCCCCCCC[C]1O[C@H](CO)[C@@H](O)[C@H](O)[C@H]1O. The molecule has 0 spiro atoms. The van der Waals surface area contributed by atoms with Crippen LogP contribution in [0.15, 0.2) is 0 Å². The fourth-order valence-corrected chi connectivity index (χ4v) is 4.13. The number of ether oxygens (including phenoxy) is 1. The van der Waals surface area contributed by atoms with E-state index in [1.54, 1.807) is 0 Å². The van der Waals surface area contributed by atoms with Crippen molar-refractivity contribution in [1.82, 2.24) is 0 Å². The normalized spacial score (nSPS) is 25.6. The van der Waals surface area contributed by atoms with Gasteiger partial charge in [-0.25, -0.2) is 0 Å². The van der Waals surface area contributed by atoms with Gasteiger partial charge >= 0.3 is 0 Å².